The summed E-state index contributed by atoms with van der Waals surface area (Å²) in [7, 11) is 0. The van der Waals surface area contributed by atoms with Crippen molar-refractivity contribution in [3.8, 4) is 0 Å². The molecule has 0 spiro atoms. The Morgan fingerprint density at radius 1 is 0.407 bits per heavy atom. The summed E-state index contributed by atoms with van der Waals surface area (Å²) in [6, 6.07) is 0. The molecule has 29 heteroatoms. The van der Waals surface area contributed by atoms with Gasteiger partial charge in [0.2, 0.25) is 29.5 Å². The third-order valence-electron chi connectivity index (χ3n) is 15.0. The third kappa shape index (κ3) is 29.0. The minimum Gasteiger partial charge on any atom is -0.394 e. The third-order valence-corrected chi connectivity index (χ3v) is 15.0. The maximum absolute atomic E-state index is 13.7. The number of aliphatic hydroxyl groups is 9. The highest BCUT2D eigenvalue weighted by Crippen LogP contribution is 2.29. The lowest BCUT2D eigenvalue weighted by atomic mass is 9.92. The Balaban J connectivity index is 1.58. The van der Waals surface area contributed by atoms with E-state index in [1.54, 1.807) is 20.8 Å². The van der Waals surface area contributed by atoms with Crippen molar-refractivity contribution >= 4 is 29.5 Å². The molecule has 15 atom stereocenters. The van der Waals surface area contributed by atoms with Gasteiger partial charge < -0.3 is 120 Å². The zero-order valence-electron chi connectivity index (χ0n) is 51.1. The molecule has 0 aliphatic carbocycles. The second-order valence-electron chi connectivity index (χ2n) is 22.7. The lowest BCUT2D eigenvalue weighted by Crippen LogP contribution is -2.58. The van der Waals surface area contributed by atoms with Gasteiger partial charge in [-0.1, -0.05) is 33.6 Å². The summed E-state index contributed by atoms with van der Waals surface area (Å²) in [5, 5.41) is 104. The fraction of sp³-hybridized carbons (Fsp3) is 0.912. The highest BCUT2D eigenvalue weighted by atomic mass is 16.7. The van der Waals surface area contributed by atoms with Gasteiger partial charge in [0.05, 0.1) is 97.1 Å². The Bertz CT molecular complexity index is 1810. The average molecular weight is 1240 g/mol. The molecule has 3 heterocycles. The van der Waals surface area contributed by atoms with Crippen molar-refractivity contribution in [2.75, 3.05) is 112 Å². The van der Waals surface area contributed by atoms with Crippen LogP contribution >= 0.6 is 0 Å². The Hall–Kier alpha value is -3.41. The van der Waals surface area contributed by atoms with Gasteiger partial charge >= 0.3 is 0 Å². The number of unbranched alkanes of at least 4 members (excludes halogenated alkanes) is 3. The van der Waals surface area contributed by atoms with E-state index in [0.717, 1.165) is 12.8 Å². The number of amides is 5. The Morgan fingerprint density at radius 3 is 1.10 bits per heavy atom. The molecule has 29 nitrogen and oxygen atoms in total. The van der Waals surface area contributed by atoms with Gasteiger partial charge in [-0.2, -0.15) is 0 Å². The molecular formula is C57H105N5O24. The van der Waals surface area contributed by atoms with Crippen molar-refractivity contribution in [1.29, 1.82) is 0 Å². The summed E-state index contributed by atoms with van der Waals surface area (Å²) in [4.78, 5) is 65.1. The molecule has 0 radical (unpaired) electrons. The van der Waals surface area contributed by atoms with Gasteiger partial charge in [0.15, 0.2) is 18.9 Å². The largest absolute Gasteiger partial charge is 0.394 e. The van der Waals surface area contributed by atoms with Crippen LogP contribution < -0.4 is 26.6 Å². The van der Waals surface area contributed by atoms with E-state index in [0.29, 0.717) is 58.4 Å². The topological polar surface area (TPSA) is 420 Å². The number of carbonyl (C=O) groups excluding carboxylic acids is 5. The van der Waals surface area contributed by atoms with Crippen LogP contribution in [0.15, 0.2) is 0 Å². The smallest absolute Gasteiger partial charge is 0.222 e. The lowest BCUT2D eigenvalue weighted by Gasteiger charge is -2.40. The van der Waals surface area contributed by atoms with Crippen LogP contribution in [-0.2, 0) is 71.3 Å². The first-order valence-corrected chi connectivity index (χ1v) is 30.6. The molecular weight excluding hydrogens is 1140 g/mol. The van der Waals surface area contributed by atoms with Gasteiger partial charge in [0.1, 0.15) is 42.2 Å². The molecule has 0 aromatic rings. The summed E-state index contributed by atoms with van der Waals surface area (Å²) in [6.07, 6.45) is -8.33. The summed E-state index contributed by atoms with van der Waals surface area (Å²) in [6.45, 7) is 8.70. The van der Waals surface area contributed by atoms with Crippen molar-refractivity contribution < 1.29 is 117 Å². The quantitative estimate of drug-likeness (QED) is 0.0272. The number of nitrogens with one attached hydrogen (secondary N) is 5. The number of hydrogen-bond donors (Lipinski definition) is 14. The molecule has 6 unspecified atom stereocenters. The highest BCUT2D eigenvalue weighted by Gasteiger charge is 2.45. The molecule has 14 N–H and O–H groups in total. The Morgan fingerprint density at radius 2 is 0.733 bits per heavy atom. The van der Waals surface area contributed by atoms with Crippen LogP contribution in [0.3, 0.4) is 0 Å². The number of rotatable bonds is 46. The van der Waals surface area contributed by atoms with E-state index < -0.39 is 123 Å². The Kier molecular flexibility index (Phi) is 38.7. The maximum atomic E-state index is 13.7. The van der Waals surface area contributed by atoms with E-state index in [2.05, 4.69) is 26.6 Å². The minimum absolute atomic E-state index is 0.0361. The Labute approximate surface area is 505 Å². The second-order valence-corrected chi connectivity index (χ2v) is 22.7. The number of aliphatic hydroxyl groups excluding tert-OH is 9. The van der Waals surface area contributed by atoms with Crippen molar-refractivity contribution in [3.05, 3.63) is 0 Å². The summed E-state index contributed by atoms with van der Waals surface area (Å²) < 4.78 is 57.7. The van der Waals surface area contributed by atoms with Gasteiger partial charge in [-0.25, -0.2) is 0 Å². The van der Waals surface area contributed by atoms with E-state index >= 15 is 0 Å². The molecule has 3 fully saturated rings. The molecule has 3 aliphatic rings. The van der Waals surface area contributed by atoms with E-state index in [1.165, 1.54) is 0 Å². The van der Waals surface area contributed by atoms with Gasteiger partial charge in [0.25, 0.3) is 0 Å². The molecule has 86 heavy (non-hydrogen) atoms. The van der Waals surface area contributed by atoms with Gasteiger partial charge in [-0.05, 0) is 52.4 Å². The van der Waals surface area contributed by atoms with E-state index in [-0.39, 0.29) is 134 Å². The molecule has 502 valence electrons. The van der Waals surface area contributed by atoms with Crippen molar-refractivity contribution in [1.82, 2.24) is 26.6 Å². The first-order chi connectivity index (χ1) is 41.2. The molecule has 0 bridgehead atoms. The average Bonchev–Trinajstić information content (AvgIpc) is 2.41. The summed E-state index contributed by atoms with van der Waals surface area (Å²) in [5.41, 5.74) is -1.42. The van der Waals surface area contributed by atoms with E-state index in [4.69, 9.17) is 47.4 Å². The maximum Gasteiger partial charge on any atom is 0.222 e. The number of carbonyl (C=O) groups is 5. The first-order valence-electron chi connectivity index (χ1n) is 30.6. The van der Waals surface area contributed by atoms with Crippen LogP contribution in [0, 0.1) is 17.8 Å². The molecule has 5 amide bonds. The summed E-state index contributed by atoms with van der Waals surface area (Å²) in [5.74, 6) is -3.34. The normalized spacial score (nSPS) is 28.4. The summed E-state index contributed by atoms with van der Waals surface area (Å²) >= 11 is 0. The van der Waals surface area contributed by atoms with Crippen molar-refractivity contribution in [2.45, 2.75) is 204 Å². The molecule has 3 saturated heterocycles. The highest BCUT2D eigenvalue weighted by molar-refractivity contribution is 5.79. The molecule has 3 rings (SSSR count). The van der Waals surface area contributed by atoms with Crippen LogP contribution in [0.5, 0.6) is 0 Å². The van der Waals surface area contributed by atoms with Crippen LogP contribution in [0.4, 0.5) is 0 Å². The minimum atomic E-state index is -1.42. The zero-order valence-corrected chi connectivity index (χ0v) is 51.1. The monoisotopic (exact) mass is 1240 g/mol. The van der Waals surface area contributed by atoms with Crippen LogP contribution in [0.2, 0.25) is 0 Å². The van der Waals surface area contributed by atoms with Crippen LogP contribution in [-0.4, -0.2) is 273 Å². The second kappa shape index (κ2) is 43.3. The van der Waals surface area contributed by atoms with E-state index in [1.807, 2.05) is 13.8 Å². The fourth-order valence-electron chi connectivity index (χ4n) is 9.51. The van der Waals surface area contributed by atoms with Crippen molar-refractivity contribution in [3.63, 3.8) is 0 Å². The van der Waals surface area contributed by atoms with Gasteiger partial charge in [0, 0.05) is 89.3 Å². The molecule has 0 saturated carbocycles. The van der Waals surface area contributed by atoms with Gasteiger partial charge in [-0.15, -0.1) is 0 Å². The first kappa shape index (κ1) is 76.8. The van der Waals surface area contributed by atoms with E-state index in [9.17, 15) is 69.9 Å². The van der Waals surface area contributed by atoms with Gasteiger partial charge in [-0.3, -0.25) is 24.0 Å². The SMILES string of the molecule is CC(C)OCCCNC(=O)CCCC(=O)NC(COCCC(=O)NCCCCCCO[C@@H]1OC(CO)[C@H](O)[C@H](O)C1C)(COCCC(=O)NCCCO[C@@H]1OC(CO)[C@H](O)[C@H](O)C1C)COCCC(=O)NCCCO[C@@H]1OC(CO)[C@H](O)[C@H](O)C1C. The fourth-order valence-corrected chi connectivity index (χ4v) is 9.51. The van der Waals surface area contributed by atoms with Crippen molar-refractivity contribution in [2.24, 2.45) is 17.8 Å². The van der Waals surface area contributed by atoms with Crippen LogP contribution in [0.25, 0.3) is 0 Å². The lowest BCUT2D eigenvalue weighted by molar-refractivity contribution is -0.282. The number of ether oxygens (including phenoxy) is 10. The molecule has 0 aromatic heterocycles. The molecule has 3 aliphatic heterocycles. The standard InChI is InChI=1S/C57H105N5O24/c1-36(2)80-24-11-20-59-43(66)14-10-15-47(70)62-57(34-78-28-17-45(68)60-21-12-25-82-55-38(4)49(72)52(75)41(31-64)85-55,35-79-29-18-46(69)61-22-13-26-83-56-39(5)50(73)53(76)42(32-65)86-56)33-77-27-16-44(67)58-19-8-6-7-9-23-81-54-37(3)48(71)51(74)40(30-63)84-54/h36-42,48-56,63-65,71-76H,6-35H2,1-5H3,(H,58,67)(H,59,66)(H,60,68)(H,61,69)(H,62,70)/t37?,38?,39?,40?,41?,42?,48-,49-,50-,51+,52+,53+,54-,55-,56-,57?/m1/s1. The van der Waals surface area contributed by atoms with Crippen LogP contribution in [0.1, 0.15) is 118 Å². The number of hydrogen-bond acceptors (Lipinski definition) is 24. The predicted octanol–water partition coefficient (Wildman–Crippen LogP) is -2.87. The molecule has 0 aromatic carbocycles. The predicted molar refractivity (Wildman–Crippen MR) is 305 cm³/mol. The zero-order chi connectivity index (χ0) is 63.4.